The van der Waals surface area contributed by atoms with Gasteiger partial charge in [-0.3, -0.25) is 9.59 Å². The highest BCUT2D eigenvalue weighted by molar-refractivity contribution is 8.04. The molecule has 0 bridgehead atoms. The molecule has 7 unspecified atom stereocenters. The van der Waals surface area contributed by atoms with Crippen LogP contribution in [0, 0.1) is 17.8 Å². The van der Waals surface area contributed by atoms with Gasteiger partial charge in [0, 0.05) is 31.1 Å². The Bertz CT molecular complexity index is 2480. The van der Waals surface area contributed by atoms with E-state index in [1.807, 2.05) is 42.8 Å². The van der Waals surface area contributed by atoms with Gasteiger partial charge < -0.3 is 49.5 Å². The number of rotatable bonds is 12. The summed E-state index contributed by atoms with van der Waals surface area (Å²) < 4.78 is 33.5. The molecule has 2 aromatic heterocycles. The van der Waals surface area contributed by atoms with Gasteiger partial charge in [-0.1, -0.05) is 32.1 Å². The van der Waals surface area contributed by atoms with Gasteiger partial charge in [-0.2, -0.15) is 0 Å². The molecule has 0 aromatic carbocycles. The molecule has 5 aliphatic heterocycles. The number of carbonyl (C=O) groups is 4. The van der Waals surface area contributed by atoms with Crippen LogP contribution in [0.25, 0.3) is 11.1 Å². The van der Waals surface area contributed by atoms with Crippen LogP contribution in [-0.4, -0.2) is 116 Å². The number of thioether (sulfide) groups is 1. The van der Waals surface area contributed by atoms with Crippen LogP contribution in [0.15, 0.2) is 70.4 Å². The maximum atomic E-state index is 17.0. The Hall–Kier alpha value is -5.78. The lowest BCUT2D eigenvalue weighted by atomic mass is 9.89. The van der Waals surface area contributed by atoms with E-state index in [2.05, 4.69) is 59.5 Å². The molecule has 18 heteroatoms. The third-order valence-corrected chi connectivity index (χ3v) is 15.6. The number of likely N-dealkylation sites (tertiary alicyclic amines) is 2. The third-order valence-electron chi connectivity index (χ3n) is 14.2. The van der Waals surface area contributed by atoms with Crippen molar-refractivity contribution in [2.75, 3.05) is 33.9 Å². The third kappa shape index (κ3) is 8.45. The van der Waals surface area contributed by atoms with Gasteiger partial charge in [0.25, 0.3) is 0 Å². The Labute approximate surface area is 387 Å². The molecule has 2 aromatic rings. The zero-order valence-corrected chi connectivity index (χ0v) is 38.6. The summed E-state index contributed by atoms with van der Waals surface area (Å²) >= 11 is 1.90. The number of alkyl carbamates (subject to hydrolysis) is 2. The SMILES string of the molecule is COC(=O)NCC(=O)N1CCCC1c1ncc(C2=CC3=C(C4=CC5CC(c6cnc(C7CCCN7C(=O)C(NC(=O)OC)C(C)C)[nH]6)=CC=C5N4C(C4CC=C(CC5CC5)S4)O3)C(F)C2)[nH]1. The number of methoxy groups -OCH3 is 2. The van der Waals surface area contributed by atoms with Crippen LogP contribution in [0.1, 0.15) is 113 Å². The predicted molar refractivity (Wildman–Crippen MR) is 244 cm³/mol. The molecule has 0 radical (unpaired) electrons. The summed E-state index contributed by atoms with van der Waals surface area (Å²) in [5.74, 6) is 2.10. The quantitative estimate of drug-likeness (QED) is 0.167. The molecule has 1 saturated carbocycles. The minimum atomic E-state index is -1.34. The lowest BCUT2D eigenvalue weighted by Gasteiger charge is -2.44. The number of nitrogens with zero attached hydrogens (tertiary/aromatic N) is 5. The van der Waals surface area contributed by atoms with Crippen molar-refractivity contribution >= 4 is 46.9 Å². The van der Waals surface area contributed by atoms with Crippen molar-refractivity contribution in [3.8, 4) is 0 Å². The zero-order chi connectivity index (χ0) is 45.8. The summed E-state index contributed by atoms with van der Waals surface area (Å²) in [5, 5.41) is 5.31. The van der Waals surface area contributed by atoms with E-state index >= 15 is 4.39 Å². The molecule has 66 heavy (non-hydrogen) atoms. The molecule has 2 saturated heterocycles. The molecule has 4 amide bonds. The molecule has 3 fully saturated rings. The van der Waals surface area contributed by atoms with E-state index in [0.717, 1.165) is 66.3 Å². The topological polar surface area (TPSA) is 187 Å². The highest BCUT2D eigenvalue weighted by Crippen LogP contribution is 2.54. The Kier molecular flexibility index (Phi) is 12.1. The first-order chi connectivity index (χ1) is 32.0. The molecular formula is C48H58FN9O7S. The maximum Gasteiger partial charge on any atom is 0.407 e. The van der Waals surface area contributed by atoms with Gasteiger partial charge in [0.15, 0.2) is 6.23 Å². The van der Waals surface area contributed by atoms with Gasteiger partial charge in [-0.05, 0) is 97.8 Å². The second kappa shape index (κ2) is 18.1. The lowest BCUT2D eigenvalue weighted by Crippen LogP contribution is -2.51. The number of alkyl halides is 1. The normalized spacial score (nSPS) is 27.2. The van der Waals surface area contributed by atoms with Gasteiger partial charge in [0.2, 0.25) is 11.8 Å². The van der Waals surface area contributed by atoms with Gasteiger partial charge >= 0.3 is 12.2 Å². The van der Waals surface area contributed by atoms with Crippen molar-refractivity contribution in [1.29, 1.82) is 0 Å². The van der Waals surface area contributed by atoms with Gasteiger partial charge in [-0.25, -0.2) is 23.9 Å². The fourth-order valence-electron chi connectivity index (χ4n) is 10.6. The van der Waals surface area contributed by atoms with E-state index in [1.165, 1.54) is 32.0 Å². The maximum absolute atomic E-state index is 17.0. The van der Waals surface area contributed by atoms with E-state index < -0.39 is 24.4 Å². The van der Waals surface area contributed by atoms with Crippen molar-refractivity contribution in [2.24, 2.45) is 17.8 Å². The average Bonchev–Trinajstić information content (AvgIpc) is 4.04. The molecule has 10 rings (SSSR count). The number of hydrogen-bond donors (Lipinski definition) is 4. The molecule has 3 aliphatic carbocycles. The summed E-state index contributed by atoms with van der Waals surface area (Å²) in [6, 6.07) is -1.26. The molecule has 16 nitrogen and oxygen atoms in total. The standard InChI is InChI=1S/C48H58FN9O7S/c1-25(2)42(55-48(62)64-4)45(60)57-16-6-8-36(57)44-50-22-32(53-44)27-11-13-34-29(18-27)20-37-41-31(49)19-28(21-38(41)65-46(58(34)37)39-14-12-30(66-39)17-26-9-10-26)33-23-51-43(54-33)35-7-5-15-56(35)40(59)24-52-47(61)63-3/h11-13,20-23,25-26,29,31,35-36,39,42,46H,5-10,14-19,24H2,1-4H3,(H,50,53)(H,51,54)(H,52,61)(H,55,62). The highest BCUT2D eigenvalue weighted by Gasteiger charge is 2.49. The number of fused-ring (bicyclic) bond motifs is 4. The number of carbonyl (C=O) groups excluding carboxylic acids is 4. The number of ether oxygens (including phenoxy) is 3. The minimum Gasteiger partial charge on any atom is -0.468 e. The van der Waals surface area contributed by atoms with Crippen LogP contribution < -0.4 is 10.6 Å². The zero-order valence-electron chi connectivity index (χ0n) is 37.8. The van der Waals surface area contributed by atoms with Crippen molar-refractivity contribution in [2.45, 2.75) is 114 Å². The largest absolute Gasteiger partial charge is 0.468 e. The molecule has 4 N–H and O–H groups in total. The van der Waals surface area contributed by atoms with Gasteiger partial charge in [0.05, 0.1) is 66.6 Å². The molecule has 8 aliphatic rings. The predicted octanol–water partition coefficient (Wildman–Crippen LogP) is 7.31. The van der Waals surface area contributed by atoms with Crippen LogP contribution in [0.5, 0.6) is 0 Å². The van der Waals surface area contributed by atoms with Crippen LogP contribution in [-0.2, 0) is 23.8 Å². The number of halogens is 1. The van der Waals surface area contributed by atoms with E-state index in [4.69, 9.17) is 14.5 Å². The second-order valence-corrected chi connectivity index (χ2v) is 20.2. The number of nitrogens with one attached hydrogen (secondary N) is 4. The summed E-state index contributed by atoms with van der Waals surface area (Å²) in [7, 11) is 2.55. The first-order valence-electron chi connectivity index (χ1n) is 23.4. The highest BCUT2D eigenvalue weighted by atomic mass is 32.2. The Morgan fingerprint density at radius 2 is 1.62 bits per heavy atom. The van der Waals surface area contributed by atoms with E-state index in [0.29, 0.717) is 54.6 Å². The van der Waals surface area contributed by atoms with Crippen LogP contribution in [0.3, 0.4) is 0 Å². The summed E-state index contributed by atoms with van der Waals surface area (Å²) in [5.41, 5.74) is 5.88. The number of amides is 4. The summed E-state index contributed by atoms with van der Waals surface area (Å²) in [4.78, 5) is 74.3. The van der Waals surface area contributed by atoms with Crippen LogP contribution in [0.4, 0.5) is 14.0 Å². The number of H-pyrrole nitrogens is 2. The van der Waals surface area contributed by atoms with Gasteiger partial charge in [0.1, 0.15) is 36.2 Å². The Morgan fingerprint density at radius 1 is 0.924 bits per heavy atom. The monoisotopic (exact) mass is 923 g/mol. The lowest BCUT2D eigenvalue weighted by molar-refractivity contribution is -0.135. The molecule has 0 spiro atoms. The number of aromatic nitrogens is 4. The molecule has 7 atom stereocenters. The van der Waals surface area contributed by atoms with E-state index in [9.17, 15) is 19.2 Å². The first-order valence-corrected chi connectivity index (χ1v) is 24.3. The second-order valence-electron chi connectivity index (χ2n) is 18.9. The smallest absolute Gasteiger partial charge is 0.407 e. The van der Waals surface area contributed by atoms with Crippen molar-refractivity contribution in [1.82, 2.24) is 45.3 Å². The number of aromatic amines is 2. The first kappa shape index (κ1) is 44.1. The van der Waals surface area contributed by atoms with E-state index in [-0.39, 0.29) is 60.2 Å². The number of hydrogen-bond acceptors (Lipinski definition) is 11. The molecule has 350 valence electrons. The van der Waals surface area contributed by atoms with Gasteiger partial charge in [-0.15, -0.1) is 11.8 Å². The van der Waals surface area contributed by atoms with Crippen molar-refractivity contribution in [3.05, 3.63) is 93.4 Å². The molecular weight excluding hydrogens is 866 g/mol. The van der Waals surface area contributed by atoms with E-state index in [1.54, 1.807) is 11.1 Å². The summed E-state index contributed by atoms with van der Waals surface area (Å²) in [6.07, 6.45) is 19.8. The number of imidazole rings is 2. The van der Waals surface area contributed by atoms with Crippen molar-refractivity contribution in [3.63, 3.8) is 0 Å². The summed E-state index contributed by atoms with van der Waals surface area (Å²) in [6.45, 7) is 4.74. The Balaban J connectivity index is 0.905. The Morgan fingerprint density at radius 3 is 2.32 bits per heavy atom. The van der Waals surface area contributed by atoms with Crippen LogP contribution in [0.2, 0.25) is 0 Å². The van der Waals surface area contributed by atoms with Crippen LogP contribution >= 0.6 is 11.8 Å². The fraction of sp³-hybridized carbons (Fsp3) is 0.542. The van der Waals surface area contributed by atoms with Crippen molar-refractivity contribution < 1.29 is 37.8 Å². The average molecular weight is 924 g/mol. The fourth-order valence-corrected chi connectivity index (χ4v) is 12.0. The molecule has 7 heterocycles. The number of allylic oxidation sites excluding steroid dienone is 9. The minimum absolute atomic E-state index is 0.0246.